The molecule has 5 rings (SSSR count). The number of benzene rings is 1. The molecule has 2 aliphatic rings. The van der Waals surface area contributed by atoms with E-state index in [1.807, 2.05) is 48.7 Å². The van der Waals surface area contributed by atoms with Crippen LogP contribution in [0.5, 0.6) is 5.75 Å². The Morgan fingerprint density at radius 2 is 1.91 bits per heavy atom. The van der Waals surface area contributed by atoms with E-state index in [4.69, 9.17) is 9.15 Å². The summed E-state index contributed by atoms with van der Waals surface area (Å²) in [6, 6.07) is 11.7. The fourth-order valence-electron chi connectivity index (χ4n) is 5.39. The topological polar surface area (TPSA) is 76.7 Å². The van der Waals surface area contributed by atoms with Crippen molar-refractivity contribution in [1.29, 1.82) is 0 Å². The minimum atomic E-state index is -1.03. The Bertz CT molecular complexity index is 1220. The summed E-state index contributed by atoms with van der Waals surface area (Å²) in [5.41, 5.74) is 2.03. The van der Waals surface area contributed by atoms with Crippen molar-refractivity contribution in [2.45, 2.75) is 84.0 Å². The number of carbonyl (C=O) groups is 2. The highest BCUT2D eigenvalue weighted by atomic mass is 16.5. The number of nitrogens with zero attached hydrogens (tertiary/aromatic N) is 2. The Kier molecular flexibility index (Phi) is 6.34. The SMILES string of the molecule is CCCOc1ccc(CN2C(=O)c3cc4oc(C)cc4n3CC2(C)C(=O)NC2CCCCC2)cc1. The maximum atomic E-state index is 13.9. The first-order valence-corrected chi connectivity index (χ1v) is 12.8. The highest BCUT2D eigenvalue weighted by Gasteiger charge is 2.48. The number of hydrogen-bond acceptors (Lipinski definition) is 4. The number of ether oxygens (including phenoxy) is 1. The maximum Gasteiger partial charge on any atom is 0.271 e. The van der Waals surface area contributed by atoms with Crippen LogP contribution in [0.15, 0.2) is 40.8 Å². The first-order valence-electron chi connectivity index (χ1n) is 12.8. The lowest BCUT2D eigenvalue weighted by Gasteiger charge is -2.44. The number of hydrogen-bond donors (Lipinski definition) is 1. The van der Waals surface area contributed by atoms with Gasteiger partial charge >= 0.3 is 0 Å². The second-order valence-corrected chi connectivity index (χ2v) is 10.2. The second-order valence-electron chi connectivity index (χ2n) is 10.2. The fourth-order valence-corrected chi connectivity index (χ4v) is 5.39. The Morgan fingerprint density at radius 1 is 1.17 bits per heavy atom. The predicted molar refractivity (Wildman–Crippen MR) is 134 cm³/mol. The average molecular weight is 478 g/mol. The summed E-state index contributed by atoms with van der Waals surface area (Å²) < 4.78 is 13.5. The molecule has 7 nitrogen and oxygen atoms in total. The molecule has 1 atom stereocenters. The maximum absolute atomic E-state index is 13.9. The van der Waals surface area contributed by atoms with Gasteiger partial charge in [0.1, 0.15) is 22.7 Å². The number of carbonyl (C=O) groups excluding carboxylic acids is 2. The van der Waals surface area contributed by atoms with Gasteiger partial charge in [0.2, 0.25) is 5.91 Å². The van der Waals surface area contributed by atoms with E-state index in [1.165, 1.54) is 6.42 Å². The lowest BCUT2D eigenvalue weighted by atomic mass is 9.91. The number of amides is 2. The van der Waals surface area contributed by atoms with E-state index < -0.39 is 5.54 Å². The summed E-state index contributed by atoms with van der Waals surface area (Å²) in [4.78, 5) is 29.4. The van der Waals surface area contributed by atoms with Crippen LogP contribution in [0.25, 0.3) is 11.1 Å². The van der Waals surface area contributed by atoms with Gasteiger partial charge in [0.25, 0.3) is 5.91 Å². The zero-order valence-corrected chi connectivity index (χ0v) is 20.9. The highest BCUT2D eigenvalue weighted by molar-refractivity contribution is 6.03. The van der Waals surface area contributed by atoms with Gasteiger partial charge in [0, 0.05) is 24.7 Å². The number of nitrogens with one attached hydrogen (secondary N) is 1. The van der Waals surface area contributed by atoms with Gasteiger partial charge in [0.15, 0.2) is 5.58 Å². The summed E-state index contributed by atoms with van der Waals surface area (Å²) in [5.74, 6) is 1.35. The Morgan fingerprint density at radius 3 is 2.63 bits per heavy atom. The van der Waals surface area contributed by atoms with Crippen LogP contribution >= 0.6 is 0 Å². The molecule has 7 heteroatoms. The van der Waals surface area contributed by atoms with Crippen molar-refractivity contribution in [3.05, 3.63) is 53.4 Å². The van der Waals surface area contributed by atoms with E-state index in [1.54, 1.807) is 11.0 Å². The smallest absolute Gasteiger partial charge is 0.271 e. The van der Waals surface area contributed by atoms with Gasteiger partial charge in [-0.2, -0.15) is 0 Å². The third-order valence-corrected chi connectivity index (χ3v) is 7.41. The highest BCUT2D eigenvalue weighted by Crippen LogP contribution is 2.35. The van der Waals surface area contributed by atoms with Crippen molar-refractivity contribution in [3.63, 3.8) is 0 Å². The van der Waals surface area contributed by atoms with Crippen LogP contribution in [0.2, 0.25) is 0 Å². The van der Waals surface area contributed by atoms with Gasteiger partial charge in [-0.25, -0.2) is 0 Å². The predicted octanol–water partition coefficient (Wildman–Crippen LogP) is 5.20. The largest absolute Gasteiger partial charge is 0.494 e. The van der Waals surface area contributed by atoms with Gasteiger partial charge in [0.05, 0.1) is 18.7 Å². The van der Waals surface area contributed by atoms with Crippen LogP contribution in [0.1, 0.15) is 74.2 Å². The van der Waals surface area contributed by atoms with E-state index in [0.717, 1.165) is 54.7 Å². The molecular formula is C28H35N3O4. The summed E-state index contributed by atoms with van der Waals surface area (Å²) >= 11 is 0. The average Bonchev–Trinajstić information content (AvgIpc) is 3.38. The molecule has 2 aromatic heterocycles. The van der Waals surface area contributed by atoms with Crippen molar-refractivity contribution in [2.24, 2.45) is 0 Å². The lowest BCUT2D eigenvalue weighted by Crippen LogP contribution is -2.64. The zero-order chi connectivity index (χ0) is 24.6. The van der Waals surface area contributed by atoms with Crippen molar-refractivity contribution in [2.75, 3.05) is 6.61 Å². The van der Waals surface area contributed by atoms with E-state index in [9.17, 15) is 9.59 Å². The van der Waals surface area contributed by atoms with Gasteiger partial charge in [-0.1, -0.05) is 38.3 Å². The lowest BCUT2D eigenvalue weighted by molar-refractivity contribution is -0.134. The van der Waals surface area contributed by atoms with Crippen molar-refractivity contribution < 1.29 is 18.7 Å². The molecule has 0 radical (unpaired) electrons. The third-order valence-electron chi connectivity index (χ3n) is 7.41. The van der Waals surface area contributed by atoms with Crippen LogP contribution in [-0.4, -0.2) is 39.5 Å². The Balaban J connectivity index is 1.47. The molecule has 1 N–H and O–H groups in total. The summed E-state index contributed by atoms with van der Waals surface area (Å²) in [6.45, 7) is 7.25. The zero-order valence-electron chi connectivity index (χ0n) is 20.9. The molecular weight excluding hydrogens is 442 g/mol. The fraction of sp³-hybridized carbons (Fsp3) is 0.500. The molecule has 0 saturated heterocycles. The van der Waals surface area contributed by atoms with Gasteiger partial charge in [-0.05, 0) is 50.8 Å². The van der Waals surface area contributed by atoms with Crippen LogP contribution < -0.4 is 10.1 Å². The van der Waals surface area contributed by atoms with Gasteiger partial charge < -0.3 is 23.9 Å². The molecule has 1 aromatic carbocycles. The Hall–Kier alpha value is -3.22. The van der Waals surface area contributed by atoms with E-state index in [0.29, 0.717) is 31.0 Å². The molecule has 3 heterocycles. The summed E-state index contributed by atoms with van der Waals surface area (Å²) in [7, 11) is 0. The third kappa shape index (κ3) is 4.44. The minimum Gasteiger partial charge on any atom is -0.494 e. The molecule has 2 amide bonds. The van der Waals surface area contributed by atoms with Crippen LogP contribution in [-0.2, 0) is 17.9 Å². The van der Waals surface area contributed by atoms with E-state index in [2.05, 4.69) is 12.2 Å². The van der Waals surface area contributed by atoms with Crippen molar-refractivity contribution >= 4 is 22.9 Å². The first kappa shape index (κ1) is 23.5. The van der Waals surface area contributed by atoms with Crippen LogP contribution in [0.3, 0.4) is 0 Å². The molecule has 1 unspecified atom stereocenters. The number of aromatic nitrogens is 1. The monoisotopic (exact) mass is 477 g/mol. The molecule has 186 valence electrons. The molecule has 1 fully saturated rings. The molecule has 1 saturated carbocycles. The molecule has 1 aliphatic carbocycles. The van der Waals surface area contributed by atoms with Crippen molar-refractivity contribution in [1.82, 2.24) is 14.8 Å². The molecule has 0 bridgehead atoms. The first-order chi connectivity index (χ1) is 16.9. The molecule has 3 aromatic rings. The van der Waals surface area contributed by atoms with E-state index >= 15 is 0 Å². The normalized spacial score (nSPS) is 20.8. The standard InChI is InChI=1S/C28H35N3O4/c1-4-14-34-22-12-10-20(11-13-22)17-31-26(32)24-16-25-23(15-19(2)35-25)30(24)18-28(31,3)27(33)29-21-8-6-5-7-9-21/h10-13,15-16,21H,4-9,14,17-18H2,1-3H3,(H,29,33). The van der Waals surface area contributed by atoms with Crippen molar-refractivity contribution in [3.8, 4) is 5.75 Å². The Labute approximate surface area is 206 Å². The molecule has 1 aliphatic heterocycles. The summed E-state index contributed by atoms with van der Waals surface area (Å²) in [6.07, 6.45) is 6.42. The quantitative estimate of drug-likeness (QED) is 0.508. The van der Waals surface area contributed by atoms with Gasteiger partial charge in [-0.15, -0.1) is 0 Å². The second kappa shape index (κ2) is 9.44. The minimum absolute atomic E-state index is 0.0895. The number of fused-ring (bicyclic) bond motifs is 3. The van der Waals surface area contributed by atoms with Crippen LogP contribution in [0, 0.1) is 6.92 Å². The number of furan rings is 1. The molecule has 35 heavy (non-hydrogen) atoms. The summed E-state index contributed by atoms with van der Waals surface area (Å²) in [5, 5.41) is 3.28. The number of aryl methyl sites for hydroxylation is 1. The van der Waals surface area contributed by atoms with E-state index in [-0.39, 0.29) is 17.9 Å². The van der Waals surface area contributed by atoms with Gasteiger partial charge in [-0.3, -0.25) is 9.59 Å². The van der Waals surface area contributed by atoms with Crippen LogP contribution in [0.4, 0.5) is 0 Å². The number of rotatable bonds is 7. The molecule has 0 spiro atoms.